The van der Waals surface area contributed by atoms with E-state index in [2.05, 4.69) is 46.8 Å². The molecule has 0 spiro atoms. The molecule has 3 rings (SSSR count). The summed E-state index contributed by atoms with van der Waals surface area (Å²) in [5.74, 6) is 1.04. The highest BCUT2D eigenvalue weighted by molar-refractivity contribution is 14.0. The largest absolute Gasteiger partial charge is 0.373 e. The van der Waals surface area contributed by atoms with Crippen molar-refractivity contribution in [3.63, 3.8) is 0 Å². The fraction of sp³-hybridized carbons (Fsp3) is 0.600. The number of benzene rings is 1. The summed E-state index contributed by atoms with van der Waals surface area (Å²) in [5, 5.41) is 6.72. The van der Waals surface area contributed by atoms with Crippen LogP contribution in [0.2, 0.25) is 0 Å². The van der Waals surface area contributed by atoms with Crippen LogP contribution in [0.4, 0.5) is 0 Å². The van der Waals surface area contributed by atoms with Gasteiger partial charge in [0.25, 0.3) is 0 Å². The van der Waals surface area contributed by atoms with Crippen molar-refractivity contribution in [2.24, 2.45) is 4.99 Å². The SMILES string of the molecule is CN=C(NCc1cccc(CN2CCCC2=O)c1)NCC1(C)CCCO1.I. The van der Waals surface area contributed by atoms with Gasteiger partial charge in [0, 0.05) is 46.3 Å². The average molecular weight is 486 g/mol. The van der Waals surface area contributed by atoms with Crippen LogP contribution in [0.3, 0.4) is 0 Å². The van der Waals surface area contributed by atoms with Gasteiger partial charge in [0.1, 0.15) is 0 Å². The van der Waals surface area contributed by atoms with Gasteiger partial charge in [-0.05, 0) is 37.3 Å². The number of ether oxygens (including phenoxy) is 1. The van der Waals surface area contributed by atoms with Crippen molar-refractivity contribution < 1.29 is 9.53 Å². The van der Waals surface area contributed by atoms with Crippen LogP contribution in [0.1, 0.15) is 43.7 Å². The van der Waals surface area contributed by atoms with Gasteiger partial charge >= 0.3 is 0 Å². The number of nitrogens with zero attached hydrogens (tertiary/aromatic N) is 2. The van der Waals surface area contributed by atoms with E-state index < -0.39 is 0 Å². The summed E-state index contributed by atoms with van der Waals surface area (Å²) in [7, 11) is 1.78. The van der Waals surface area contributed by atoms with Gasteiger partial charge in [0.2, 0.25) is 5.91 Å². The first-order chi connectivity index (χ1) is 12.6. The molecule has 6 nitrogen and oxygen atoms in total. The van der Waals surface area contributed by atoms with E-state index in [0.29, 0.717) is 19.5 Å². The average Bonchev–Trinajstić information content (AvgIpc) is 3.25. The molecule has 2 fully saturated rings. The van der Waals surface area contributed by atoms with Crippen molar-refractivity contribution >= 4 is 35.8 Å². The maximum absolute atomic E-state index is 11.8. The monoisotopic (exact) mass is 486 g/mol. The number of carbonyl (C=O) groups is 1. The minimum absolute atomic E-state index is 0. The van der Waals surface area contributed by atoms with Gasteiger partial charge in [-0.1, -0.05) is 24.3 Å². The molecule has 2 aliphatic rings. The summed E-state index contributed by atoms with van der Waals surface area (Å²) in [6, 6.07) is 8.39. The Bertz CT molecular complexity index is 659. The third-order valence-corrected chi connectivity index (χ3v) is 5.15. The number of guanidine groups is 1. The molecule has 27 heavy (non-hydrogen) atoms. The van der Waals surface area contributed by atoms with Crippen molar-refractivity contribution in [3.8, 4) is 0 Å². The molecule has 0 aliphatic carbocycles. The maximum atomic E-state index is 11.8. The molecule has 0 bridgehead atoms. The first-order valence-corrected chi connectivity index (χ1v) is 9.52. The molecule has 7 heteroatoms. The second-order valence-corrected chi connectivity index (χ2v) is 7.42. The van der Waals surface area contributed by atoms with Gasteiger partial charge in [-0.2, -0.15) is 0 Å². The van der Waals surface area contributed by atoms with Crippen molar-refractivity contribution in [1.29, 1.82) is 0 Å². The van der Waals surface area contributed by atoms with Crippen LogP contribution in [0.15, 0.2) is 29.3 Å². The topological polar surface area (TPSA) is 66.0 Å². The third kappa shape index (κ3) is 6.34. The highest BCUT2D eigenvalue weighted by atomic mass is 127. The van der Waals surface area contributed by atoms with Crippen LogP contribution in [-0.2, 0) is 22.6 Å². The van der Waals surface area contributed by atoms with E-state index in [4.69, 9.17) is 4.74 Å². The van der Waals surface area contributed by atoms with Crippen molar-refractivity contribution in [1.82, 2.24) is 15.5 Å². The standard InChI is InChI=1S/C20H30N4O2.HI/c1-20(9-5-11-26-20)15-23-19(21-2)22-13-16-6-3-7-17(12-16)14-24-10-4-8-18(24)25;/h3,6-7,12H,4-5,8-11,13-15H2,1-2H3,(H2,21,22,23);1H. The van der Waals surface area contributed by atoms with Crippen LogP contribution in [-0.4, -0.2) is 49.1 Å². The van der Waals surface area contributed by atoms with E-state index in [1.807, 2.05) is 4.90 Å². The number of hydrogen-bond donors (Lipinski definition) is 2. The van der Waals surface area contributed by atoms with Crippen LogP contribution in [0.5, 0.6) is 0 Å². The van der Waals surface area contributed by atoms with E-state index in [9.17, 15) is 4.79 Å². The Balaban J connectivity index is 0.00000261. The van der Waals surface area contributed by atoms with Gasteiger partial charge in [-0.25, -0.2) is 0 Å². The lowest BCUT2D eigenvalue weighted by atomic mass is 10.0. The third-order valence-electron chi connectivity index (χ3n) is 5.15. The molecule has 2 heterocycles. The predicted molar refractivity (Wildman–Crippen MR) is 118 cm³/mol. The molecular weight excluding hydrogens is 455 g/mol. The van der Waals surface area contributed by atoms with Crippen LogP contribution in [0, 0.1) is 0 Å². The van der Waals surface area contributed by atoms with Gasteiger partial charge in [0.15, 0.2) is 5.96 Å². The molecule has 0 saturated carbocycles. The molecule has 1 aromatic carbocycles. The number of aliphatic imine (C=N–C) groups is 1. The highest BCUT2D eigenvalue weighted by Crippen LogP contribution is 2.23. The van der Waals surface area contributed by atoms with Crippen LogP contribution >= 0.6 is 24.0 Å². The summed E-state index contributed by atoms with van der Waals surface area (Å²) in [4.78, 5) is 18.0. The summed E-state index contributed by atoms with van der Waals surface area (Å²) in [5.41, 5.74) is 2.26. The first-order valence-electron chi connectivity index (χ1n) is 9.52. The number of halogens is 1. The summed E-state index contributed by atoms with van der Waals surface area (Å²) >= 11 is 0. The summed E-state index contributed by atoms with van der Waals surface area (Å²) in [6.45, 7) is 6.01. The number of likely N-dealkylation sites (tertiary alicyclic amines) is 1. The molecule has 0 aromatic heterocycles. The molecule has 2 saturated heterocycles. The summed E-state index contributed by atoms with van der Waals surface area (Å²) < 4.78 is 5.81. The Morgan fingerprint density at radius 2 is 2.11 bits per heavy atom. The number of rotatable bonds is 6. The second kappa shape index (κ2) is 10.3. The molecule has 150 valence electrons. The van der Waals surface area contributed by atoms with Gasteiger partial charge in [-0.3, -0.25) is 9.79 Å². The number of hydrogen-bond acceptors (Lipinski definition) is 3. The van der Waals surface area contributed by atoms with Crippen LogP contribution in [0.25, 0.3) is 0 Å². The normalized spacial score (nSPS) is 22.7. The van der Waals surface area contributed by atoms with Crippen molar-refractivity contribution in [2.75, 3.05) is 26.7 Å². The Kier molecular flexibility index (Phi) is 8.34. The fourth-order valence-corrected chi connectivity index (χ4v) is 3.58. The quantitative estimate of drug-likeness (QED) is 0.369. The Morgan fingerprint density at radius 3 is 2.78 bits per heavy atom. The number of carbonyl (C=O) groups excluding carboxylic acids is 1. The van der Waals surface area contributed by atoms with Crippen molar-refractivity contribution in [2.45, 2.75) is 51.3 Å². The van der Waals surface area contributed by atoms with E-state index in [1.54, 1.807) is 7.05 Å². The lowest BCUT2D eigenvalue weighted by Gasteiger charge is -2.24. The molecule has 2 aliphatic heterocycles. The van der Waals surface area contributed by atoms with Crippen LogP contribution < -0.4 is 10.6 Å². The van der Waals surface area contributed by atoms with E-state index in [-0.39, 0.29) is 35.5 Å². The molecule has 1 amide bonds. The minimum atomic E-state index is -0.0974. The minimum Gasteiger partial charge on any atom is -0.373 e. The van der Waals surface area contributed by atoms with Gasteiger partial charge in [0.05, 0.1) is 5.60 Å². The molecule has 0 radical (unpaired) electrons. The molecule has 1 aromatic rings. The predicted octanol–water partition coefficient (Wildman–Crippen LogP) is 2.66. The van der Waals surface area contributed by atoms with Gasteiger partial charge in [-0.15, -0.1) is 24.0 Å². The Hall–Kier alpha value is -1.35. The zero-order valence-electron chi connectivity index (χ0n) is 16.3. The molecular formula is C20H31IN4O2. The lowest BCUT2D eigenvalue weighted by molar-refractivity contribution is -0.128. The molecule has 2 N–H and O–H groups in total. The number of nitrogens with one attached hydrogen (secondary N) is 2. The highest BCUT2D eigenvalue weighted by Gasteiger charge is 2.29. The first kappa shape index (κ1) is 21.9. The number of amides is 1. The Morgan fingerprint density at radius 1 is 1.30 bits per heavy atom. The lowest BCUT2D eigenvalue weighted by Crippen LogP contribution is -2.45. The molecule has 1 unspecified atom stereocenters. The fourth-order valence-electron chi connectivity index (χ4n) is 3.58. The second-order valence-electron chi connectivity index (χ2n) is 7.42. The zero-order chi connectivity index (χ0) is 18.4. The van der Waals surface area contributed by atoms with E-state index in [0.717, 1.165) is 44.9 Å². The molecule has 1 atom stereocenters. The van der Waals surface area contributed by atoms with E-state index in [1.165, 1.54) is 11.1 Å². The Labute approximate surface area is 179 Å². The van der Waals surface area contributed by atoms with E-state index >= 15 is 0 Å². The van der Waals surface area contributed by atoms with Crippen molar-refractivity contribution in [3.05, 3.63) is 35.4 Å². The van der Waals surface area contributed by atoms with Gasteiger partial charge < -0.3 is 20.3 Å². The zero-order valence-corrected chi connectivity index (χ0v) is 18.6. The maximum Gasteiger partial charge on any atom is 0.222 e. The smallest absolute Gasteiger partial charge is 0.222 e. The summed E-state index contributed by atoms with van der Waals surface area (Å²) in [6.07, 6.45) is 3.86.